The van der Waals surface area contributed by atoms with Crippen molar-refractivity contribution in [3.63, 3.8) is 0 Å². The molecule has 6 nitrogen and oxygen atoms in total. The van der Waals surface area contributed by atoms with Crippen molar-refractivity contribution in [1.82, 2.24) is 5.32 Å². The Hall–Kier alpha value is -1.14. The number of unbranched alkanes of at least 4 members (excludes halogenated alkanes) is 27. The van der Waals surface area contributed by atoms with Gasteiger partial charge in [0.05, 0.1) is 25.4 Å². The van der Waals surface area contributed by atoms with Crippen molar-refractivity contribution >= 4 is 11.9 Å². The van der Waals surface area contributed by atoms with Crippen molar-refractivity contribution in [1.29, 1.82) is 0 Å². The number of carbonyl (C=O) groups is 2. The number of rotatable bonds is 38. The highest BCUT2D eigenvalue weighted by Gasteiger charge is 2.20. The molecule has 0 saturated heterocycles. The van der Waals surface area contributed by atoms with Crippen molar-refractivity contribution in [2.24, 2.45) is 0 Å². The summed E-state index contributed by atoms with van der Waals surface area (Å²) in [4.78, 5) is 24.3. The molecule has 0 fully saturated rings. The highest BCUT2D eigenvalue weighted by molar-refractivity contribution is 5.76. The lowest BCUT2D eigenvalue weighted by molar-refractivity contribution is -0.143. The Morgan fingerprint density at radius 2 is 0.872 bits per heavy atom. The molecule has 0 aromatic carbocycles. The largest absolute Gasteiger partial charge is 0.466 e. The van der Waals surface area contributed by atoms with Crippen LogP contribution < -0.4 is 5.32 Å². The number of hydrogen-bond acceptors (Lipinski definition) is 5. The zero-order valence-corrected chi connectivity index (χ0v) is 31.5. The minimum absolute atomic E-state index is 0.0199. The predicted molar refractivity (Wildman–Crippen MR) is 200 cm³/mol. The summed E-state index contributed by atoms with van der Waals surface area (Å²) in [5, 5.41) is 23.0. The van der Waals surface area contributed by atoms with Gasteiger partial charge in [-0.3, -0.25) is 9.59 Å². The summed E-state index contributed by atoms with van der Waals surface area (Å²) in [6, 6.07) is -0.553. The summed E-state index contributed by atoms with van der Waals surface area (Å²) in [5.41, 5.74) is 0. The number of ether oxygens (including phenoxy) is 1. The Kier molecular flexibility index (Phi) is 36.8. The van der Waals surface area contributed by atoms with Crippen LogP contribution in [0, 0.1) is 0 Å². The Morgan fingerprint density at radius 1 is 0.511 bits per heavy atom. The molecular weight excluding hydrogens is 586 g/mol. The zero-order valence-electron chi connectivity index (χ0n) is 31.5. The summed E-state index contributed by atoms with van der Waals surface area (Å²) in [5.74, 6) is -0.0801. The molecule has 0 rings (SSSR count). The molecule has 0 heterocycles. The van der Waals surface area contributed by atoms with E-state index in [-0.39, 0.29) is 18.5 Å². The van der Waals surface area contributed by atoms with E-state index >= 15 is 0 Å². The van der Waals surface area contributed by atoms with E-state index in [1.807, 2.05) is 0 Å². The Morgan fingerprint density at radius 3 is 1.30 bits per heavy atom. The Labute approximate surface area is 292 Å². The lowest BCUT2D eigenvalue weighted by Crippen LogP contribution is -2.45. The maximum absolute atomic E-state index is 12.3. The number of aliphatic hydroxyl groups is 2. The van der Waals surface area contributed by atoms with Crippen LogP contribution >= 0.6 is 0 Å². The van der Waals surface area contributed by atoms with Gasteiger partial charge in [-0.1, -0.05) is 187 Å². The van der Waals surface area contributed by atoms with E-state index in [9.17, 15) is 19.8 Å². The van der Waals surface area contributed by atoms with E-state index < -0.39 is 12.1 Å². The summed E-state index contributed by atoms with van der Waals surface area (Å²) >= 11 is 0. The summed E-state index contributed by atoms with van der Waals surface area (Å²) in [6.07, 6.45) is 37.6. The lowest BCUT2D eigenvalue weighted by atomic mass is 10.0. The molecule has 0 aromatic rings. The van der Waals surface area contributed by atoms with Gasteiger partial charge >= 0.3 is 5.97 Å². The van der Waals surface area contributed by atoms with Gasteiger partial charge in [-0.2, -0.15) is 0 Å². The molecule has 47 heavy (non-hydrogen) atoms. The molecule has 0 radical (unpaired) electrons. The molecule has 2 atom stereocenters. The van der Waals surface area contributed by atoms with Gasteiger partial charge in [-0.25, -0.2) is 0 Å². The number of esters is 1. The van der Waals surface area contributed by atoms with E-state index in [4.69, 9.17) is 4.74 Å². The van der Waals surface area contributed by atoms with E-state index in [2.05, 4.69) is 19.2 Å². The van der Waals surface area contributed by atoms with Crippen molar-refractivity contribution in [2.45, 2.75) is 238 Å². The topological polar surface area (TPSA) is 95.9 Å². The third-order valence-electron chi connectivity index (χ3n) is 9.66. The lowest BCUT2D eigenvalue weighted by Gasteiger charge is -2.22. The average molecular weight is 668 g/mol. The second-order valence-electron chi connectivity index (χ2n) is 14.3. The molecule has 2 unspecified atom stereocenters. The van der Waals surface area contributed by atoms with Crippen LogP contribution in [-0.4, -0.2) is 47.4 Å². The number of amides is 1. The van der Waals surface area contributed by atoms with Gasteiger partial charge in [0.1, 0.15) is 0 Å². The Bertz CT molecular complexity index is 658. The van der Waals surface area contributed by atoms with Gasteiger partial charge in [0.15, 0.2) is 0 Å². The van der Waals surface area contributed by atoms with Gasteiger partial charge < -0.3 is 20.3 Å². The number of hydrogen-bond donors (Lipinski definition) is 3. The van der Waals surface area contributed by atoms with Crippen molar-refractivity contribution < 1.29 is 24.5 Å². The van der Waals surface area contributed by atoms with E-state index in [0.717, 1.165) is 57.8 Å². The molecule has 1 amide bonds. The fourth-order valence-corrected chi connectivity index (χ4v) is 6.40. The fourth-order valence-electron chi connectivity index (χ4n) is 6.40. The SMILES string of the molecule is CCCCCCCCCCCCCC(=O)OCCCCCCCCCCCCC(=O)NC(CO)C(O)CCCCCCCCCCC. The second kappa shape index (κ2) is 37.7. The van der Waals surface area contributed by atoms with Crippen molar-refractivity contribution in [3.05, 3.63) is 0 Å². The number of carbonyl (C=O) groups excluding carboxylic acids is 2. The Balaban J connectivity index is 3.47. The first-order valence-corrected chi connectivity index (χ1v) is 20.8. The first-order valence-electron chi connectivity index (χ1n) is 20.8. The molecule has 0 aliphatic carbocycles. The van der Waals surface area contributed by atoms with Gasteiger partial charge in [0.25, 0.3) is 0 Å². The molecule has 0 aromatic heterocycles. The van der Waals surface area contributed by atoms with Crippen LogP contribution in [0.2, 0.25) is 0 Å². The van der Waals surface area contributed by atoms with Crippen molar-refractivity contribution in [3.8, 4) is 0 Å². The maximum Gasteiger partial charge on any atom is 0.305 e. The second-order valence-corrected chi connectivity index (χ2v) is 14.3. The molecule has 3 N–H and O–H groups in total. The summed E-state index contributed by atoms with van der Waals surface area (Å²) in [7, 11) is 0. The monoisotopic (exact) mass is 668 g/mol. The molecular formula is C41H81NO5. The quantitative estimate of drug-likeness (QED) is 0.0450. The first-order chi connectivity index (χ1) is 23.0. The van der Waals surface area contributed by atoms with Crippen LogP contribution in [0.4, 0.5) is 0 Å². The first kappa shape index (κ1) is 45.9. The van der Waals surface area contributed by atoms with Crippen LogP contribution in [0.15, 0.2) is 0 Å². The van der Waals surface area contributed by atoms with Gasteiger partial charge in [0, 0.05) is 12.8 Å². The van der Waals surface area contributed by atoms with Crippen LogP contribution in [0.1, 0.15) is 226 Å². The highest BCUT2D eigenvalue weighted by atomic mass is 16.5. The normalized spacial score (nSPS) is 12.7. The van der Waals surface area contributed by atoms with Gasteiger partial charge in [0.2, 0.25) is 5.91 Å². The molecule has 0 spiro atoms. The molecule has 0 bridgehead atoms. The summed E-state index contributed by atoms with van der Waals surface area (Å²) in [6.45, 7) is 4.86. The van der Waals surface area contributed by atoms with Crippen LogP contribution in [-0.2, 0) is 14.3 Å². The third-order valence-corrected chi connectivity index (χ3v) is 9.66. The van der Waals surface area contributed by atoms with E-state index in [1.165, 1.54) is 135 Å². The highest BCUT2D eigenvalue weighted by Crippen LogP contribution is 2.15. The van der Waals surface area contributed by atoms with Gasteiger partial charge in [-0.15, -0.1) is 0 Å². The predicted octanol–water partition coefficient (Wildman–Crippen LogP) is 11.3. The van der Waals surface area contributed by atoms with Crippen LogP contribution in [0.25, 0.3) is 0 Å². The van der Waals surface area contributed by atoms with Crippen molar-refractivity contribution in [2.75, 3.05) is 13.2 Å². The van der Waals surface area contributed by atoms with Crippen LogP contribution in [0.3, 0.4) is 0 Å². The fraction of sp³-hybridized carbons (Fsp3) is 0.951. The molecule has 0 aliphatic heterocycles. The average Bonchev–Trinajstić information content (AvgIpc) is 3.07. The maximum atomic E-state index is 12.3. The minimum Gasteiger partial charge on any atom is -0.466 e. The minimum atomic E-state index is -0.674. The van der Waals surface area contributed by atoms with Gasteiger partial charge in [-0.05, 0) is 25.7 Å². The van der Waals surface area contributed by atoms with Crippen LogP contribution in [0.5, 0.6) is 0 Å². The summed E-state index contributed by atoms with van der Waals surface area (Å²) < 4.78 is 5.42. The molecule has 0 saturated carbocycles. The number of nitrogens with one attached hydrogen (secondary N) is 1. The third kappa shape index (κ3) is 34.5. The molecule has 0 aliphatic rings. The van der Waals surface area contributed by atoms with E-state index in [1.54, 1.807) is 0 Å². The molecule has 280 valence electrons. The zero-order chi connectivity index (χ0) is 34.5. The number of aliphatic hydroxyl groups excluding tert-OH is 2. The smallest absolute Gasteiger partial charge is 0.305 e. The standard InChI is InChI=1S/C41H81NO5/c1-3-5-7-9-11-13-14-19-23-27-31-35-41(46)47-36-32-28-24-20-16-15-18-22-26-30-34-40(45)42-38(37-43)39(44)33-29-25-21-17-12-10-8-6-4-2/h38-39,43-44H,3-37H2,1-2H3,(H,42,45). The molecule has 6 heteroatoms. The van der Waals surface area contributed by atoms with E-state index in [0.29, 0.717) is 25.9 Å².